The molecule has 0 N–H and O–H groups in total. The van der Waals surface area contributed by atoms with E-state index in [4.69, 9.17) is 0 Å². The Kier molecular flexibility index (Phi) is 13.5. The van der Waals surface area contributed by atoms with Crippen LogP contribution in [-0.2, 0) is 32.5 Å². The van der Waals surface area contributed by atoms with Crippen LogP contribution in [-0.4, -0.2) is 6.71 Å². The maximum Gasteiger partial charge on any atom is 0.252 e. The average molecular weight is 1140 g/mol. The first-order valence-electron chi connectivity index (χ1n) is 31.9. The van der Waals surface area contributed by atoms with Crippen molar-refractivity contribution in [1.29, 1.82) is 0 Å². The minimum absolute atomic E-state index is 0.00276. The fourth-order valence-electron chi connectivity index (χ4n) is 13.9. The molecule has 13 rings (SSSR count). The van der Waals surface area contributed by atoms with Gasteiger partial charge in [-0.15, -0.1) is 0 Å². The minimum atomic E-state index is -0.141. The molecule has 0 saturated carbocycles. The van der Waals surface area contributed by atoms with Gasteiger partial charge in [-0.05, 0) is 186 Å². The Bertz CT molecular complexity index is 4440. The van der Waals surface area contributed by atoms with Gasteiger partial charge in [0.05, 0.1) is 11.4 Å². The molecule has 0 atom stereocenters. The van der Waals surface area contributed by atoms with Crippen LogP contribution in [0.15, 0.2) is 200 Å². The van der Waals surface area contributed by atoms with Gasteiger partial charge in [0, 0.05) is 39.4 Å². The molecule has 3 heteroatoms. The molecule has 0 bridgehead atoms. The maximum absolute atomic E-state index is 2.70. The van der Waals surface area contributed by atoms with Crippen LogP contribution < -0.4 is 26.2 Å². The first kappa shape index (κ1) is 57.9. The summed E-state index contributed by atoms with van der Waals surface area (Å²) in [5.74, 6) is 0. The van der Waals surface area contributed by atoms with Gasteiger partial charge in [0.25, 0.3) is 6.71 Å². The average Bonchev–Trinajstić information content (AvgIpc) is 0.726. The quantitative estimate of drug-likeness (QED) is 0.125. The third-order valence-electron chi connectivity index (χ3n) is 19.2. The van der Waals surface area contributed by atoms with Crippen LogP contribution in [0.25, 0.3) is 65.7 Å². The fraction of sp³-hybridized carbons (Fsp3) is 0.286. The first-order valence-corrected chi connectivity index (χ1v) is 31.9. The Morgan fingerprint density at radius 1 is 0.241 bits per heavy atom. The van der Waals surface area contributed by atoms with Crippen molar-refractivity contribution in [2.45, 2.75) is 157 Å². The second-order valence-electron chi connectivity index (χ2n) is 31.5. The van der Waals surface area contributed by atoms with Crippen LogP contribution in [0.3, 0.4) is 0 Å². The highest BCUT2D eigenvalue weighted by Crippen LogP contribution is 2.53. The summed E-state index contributed by atoms with van der Waals surface area (Å²) in [6.45, 7) is 42.2. The van der Waals surface area contributed by atoms with E-state index in [-0.39, 0.29) is 39.2 Å². The van der Waals surface area contributed by atoms with Crippen LogP contribution in [0.5, 0.6) is 0 Å². The van der Waals surface area contributed by atoms with E-state index in [0.29, 0.717) is 0 Å². The van der Waals surface area contributed by atoms with E-state index in [0.717, 1.165) is 0 Å². The van der Waals surface area contributed by atoms with E-state index >= 15 is 0 Å². The lowest BCUT2D eigenvalue weighted by Crippen LogP contribution is -2.61. The summed E-state index contributed by atoms with van der Waals surface area (Å²) in [7, 11) is 0. The highest BCUT2D eigenvalue weighted by Gasteiger charge is 2.45. The van der Waals surface area contributed by atoms with Crippen molar-refractivity contribution in [3.63, 3.8) is 0 Å². The standard InChI is InChI=1S/C84H87BN2/c1-79(2,3)55-35-30-52(31-36-55)67-48-60(84(16,17)18)49-68(53-32-37-56(38-33-53)80(4,5)6)78(67)87-74-45-41-59(83(13,14)15)51-71(74)85-70-50-58(82(10,11)12)40-44-73(70)86(75-28-23-29-76(87)77(75)85)72-43-39-57(81(7,8)9)47-66(72)54-34-42-65-63-26-20-19-24-61(63)62-25-21-22-27-64(62)69(65)46-54/h19-51H,1-18H3. The molecule has 2 aliphatic rings. The molecular formula is C84H87BN2. The molecule has 0 spiro atoms. The van der Waals surface area contributed by atoms with Crippen LogP contribution in [0.4, 0.5) is 34.1 Å². The Labute approximate surface area is 520 Å². The molecule has 0 radical (unpaired) electrons. The van der Waals surface area contributed by atoms with Gasteiger partial charge < -0.3 is 9.80 Å². The Morgan fingerprint density at radius 2 is 0.586 bits per heavy atom. The Morgan fingerprint density at radius 3 is 1.02 bits per heavy atom. The van der Waals surface area contributed by atoms with E-state index in [1.807, 2.05) is 0 Å². The molecule has 0 saturated heterocycles. The summed E-state index contributed by atoms with van der Waals surface area (Å²) in [6, 6.07) is 78.7. The van der Waals surface area contributed by atoms with Gasteiger partial charge in [-0.1, -0.05) is 270 Å². The Balaban J connectivity index is 1.15. The van der Waals surface area contributed by atoms with E-state index in [2.05, 4.69) is 335 Å². The van der Waals surface area contributed by atoms with Gasteiger partial charge in [-0.3, -0.25) is 0 Å². The molecule has 2 nitrogen and oxygen atoms in total. The van der Waals surface area contributed by atoms with Crippen molar-refractivity contribution in [3.05, 3.63) is 234 Å². The van der Waals surface area contributed by atoms with Crippen molar-refractivity contribution in [2.24, 2.45) is 0 Å². The number of rotatable bonds is 5. The van der Waals surface area contributed by atoms with E-state index in [1.165, 1.54) is 150 Å². The molecule has 2 heterocycles. The Hall–Kier alpha value is -8.14. The van der Waals surface area contributed by atoms with Crippen molar-refractivity contribution in [3.8, 4) is 33.4 Å². The molecule has 0 amide bonds. The molecule has 11 aromatic rings. The number of hydrogen-bond acceptors (Lipinski definition) is 2. The monoisotopic (exact) mass is 1130 g/mol. The highest BCUT2D eigenvalue weighted by atomic mass is 15.2. The minimum Gasteiger partial charge on any atom is -0.311 e. The van der Waals surface area contributed by atoms with E-state index in [1.54, 1.807) is 0 Å². The van der Waals surface area contributed by atoms with Crippen LogP contribution >= 0.6 is 0 Å². The van der Waals surface area contributed by atoms with Crippen molar-refractivity contribution in [1.82, 2.24) is 0 Å². The number of anilines is 6. The molecular weight excluding hydrogens is 1050 g/mol. The molecule has 436 valence electrons. The third-order valence-corrected chi connectivity index (χ3v) is 19.2. The number of hydrogen-bond donors (Lipinski definition) is 0. The third kappa shape index (κ3) is 9.98. The van der Waals surface area contributed by atoms with E-state index in [9.17, 15) is 0 Å². The number of benzene rings is 11. The highest BCUT2D eigenvalue weighted by molar-refractivity contribution is 7.00. The lowest BCUT2D eigenvalue weighted by atomic mass is 9.33. The van der Waals surface area contributed by atoms with Gasteiger partial charge in [0.1, 0.15) is 0 Å². The van der Waals surface area contributed by atoms with Crippen LogP contribution in [0, 0.1) is 0 Å². The normalized spacial score (nSPS) is 13.8. The molecule has 11 aromatic carbocycles. The van der Waals surface area contributed by atoms with Gasteiger partial charge >= 0.3 is 0 Å². The lowest BCUT2D eigenvalue weighted by Gasteiger charge is -2.46. The SMILES string of the molecule is CC(C)(C)c1ccc(-c2cc(C(C)(C)C)cc(-c3ccc(C(C)(C)C)cc3)c2N2c3ccc(C(C)(C)C)cc3B3c4cc(C(C)(C)C)ccc4N(c4ccc(C(C)(C)C)cc4-c4ccc5c6ccccc6c6ccccc6c5c4)c4cccc2c43)cc1. The molecule has 0 aromatic heterocycles. The summed E-state index contributed by atoms with van der Waals surface area (Å²) in [6.07, 6.45) is 0. The fourth-order valence-corrected chi connectivity index (χ4v) is 13.9. The smallest absolute Gasteiger partial charge is 0.252 e. The van der Waals surface area contributed by atoms with E-state index < -0.39 is 0 Å². The predicted molar refractivity (Wildman–Crippen MR) is 381 cm³/mol. The zero-order valence-corrected chi connectivity index (χ0v) is 55.0. The van der Waals surface area contributed by atoms with Crippen molar-refractivity contribution >= 4 is 89.5 Å². The maximum atomic E-state index is 2.70. The van der Waals surface area contributed by atoms with Gasteiger partial charge in [0.15, 0.2) is 0 Å². The largest absolute Gasteiger partial charge is 0.311 e. The van der Waals surface area contributed by atoms with Crippen molar-refractivity contribution < 1.29 is 0 Å². The molecule has 2 aliphatic heterocycles. The summed E-state index contributed by atoms with van der Waals surface area (Å²) in [4.78, 5) is 5.35. The van der Waals surface area contributed by atoms with Gasteiger partial charge in [0.2, 0.25) is 0 Å². The summed E-state index contributed by atoms with van der Waals surface area (Å²) in [5.41, 5.74) is 25.9. The molecule has 0 fully saturated rings. The lowest BCUT2D eigenvalue weighted by molar-refractivity contribution is 0.590. The zero-order valence-electron chi connectivity index (χ0n) is 55.0. The first-order chi connectivity index (χ1) is 40.9. The summed E-state index contributed by atoms with van der Waals surface area (Å²) < 4.78 is 0. The topological polar surface area (TPSA) is 6.48 Å². The molecule has 0 unspecified atom stereocenters. The molecule has 0 aliphatic carbocycles. The summed E-state index contributed by atoms with van der Waals surface area (Å²) in [5, 5.41) is 7.68. The van der Waals surface area contributed by atoms with Crippen LogP contribution in [0.1, 0.15) is 158 Å². The van der Waals surface area contributed by atoms with Gasteiger partial charge in [-0.25, -0.2) is 0 Å². The predicted octanol–water partition coefficient (Wildman–Crippen LogP) is 22.0. The van der Waals surface area contributed by atoms with Crippen molar-refractivity contribution in [2.75, 3.05) is 9.80 Å². The molecule has 87 heavy (non-hydrogen) atoms. The van der Waals surface area contributed by atoms with Crippen LogP contribution in [0.2, 0.25) is 0 Å². The number of fused-ring (bicyclic) bond motifs is 10. The summed E-state index contributed by atoms with van der Waals surface area (Å²) >= 11 is 0. The zero-order chi connectivity index (χ0) is 61.7. The second-order valence-corrected chi connectivity index (χ2v) is 31.5. The number of nitrogens with zero attached hydrogens (tertiary/aromatic N) is 2. The second kappa shape index (κ2) is 20.2. The van der Waals surface area contributed by atoms with Gasteiger partial charge in [-0.2, -0.15) is 0 Å².